The summed E-state index contributed by atoms with van der Waals surface area (Å²) in [5.41, 5.74) is 1.12. The van der Waals surface area contributed by atoms with E-state index >= 15 is 0 Å². The van der Waals surface area contributed by atoms with Crippen LogP contribution in [0.5, 0.6) is 0 Å². The van der Waals surface area contributed by atoms with E-state index in [1.807, 2.05) is 12.1 Å². The number of nitrogens with zero attached hydrogens (tertiary/aromatic N) is 4. The van der Waals surface area contributed by atoms with Crippen molar-refractivity contribution in [3.63, 3.8) is 0 Å². The Labute approximate surface area is 105 Å². The van der Waals surface area contributed by atoms with Gasteiger partial charge >= 0.3 is 0 Å². The largest absolute Gasteiger partial charge is 0.338 e. The van der Waals surface area contributed by atoms with Gasteiger partial charge in [-0.05, 0) is 24.1 Å². The Morgan fingerprint density at radius 1 is 1.39 bits per heavy atom. The predicted octanol–water partition coefficient (Wildman–Crippen LogP) is 0.791. The second-order valence-corrected chi connectivity index (χ2v) is 4.04. The molecular formula is C12H15N5O. The van der Waals surface area contributed by atoms with Crippen LogP contribution >= 0.6 is 0 Å². The average molecular weight is 245 g/mol. The van der Waals surface area contributed by atoms with Crippen molar-refractivity contribution in [2.45, 2.75) is 19.4 Å². The minimum atomic E-state index is 0.0863. The molecule has 0 aliphatic carbocycles. The highest BCUT2D eigenvalue weighted by Gasteiger charge is 2.10. The fourth-order valence-electron chi connectivity index (χ4n) is 1.61. The number of amides is 1. The van der Waals surface area contributed by atoms with Gasteiger partial charge in [0.2, 0.25) is 5.91 Å². The maximum atomic E-state index is 11.9. The fourth-order valence-corrected chi connectivity index (χ4v) is 1.61. The van der Waals surface area contributed by atoms with Crippen molar-refractivity contribution in [3.8, 4) is 0 Å². The monoisotopic (exact) mass is 245 g/mol. The highest BCUT2D eigenvalue weighted by Crippen LogP contribution is 2.04. The summed E-state index contributed by atoms with van der Waals surface area (Å²) in [4.78, 5) is 21.5. The van der Waals surface area contributed by atoms with Gasteiger partial charge in [-0.2, -0.15) is 5.10 Å². The molecule has 0 radical (unpaired) electrons. The molecule has 0 unspecified atom stereocenters. The van der Waals surface area contributed by atoms with Gasteiger partial charge in [0, 0.05) is 25.9 Å². The van der Waals surface area contributed by atoms with Crippen LogP contribution in [0.3, 0.4) is 0 Å². The van der Waals surface area contributed by atoms with Gasteiger partial charge < -0.3 is 4.90 Å². The zero-order chi connectivity index (χ0) is 12.8. The summed E-state index contributed by atoms with van der Waals surface area (Å²) < 4.78 is 0. The molecular weight excluding hydrogens is 230 g/mol. The molecule has 0 saturated carbocycles. The minimum absolute atomic E-state index is 0.0863. The van der Waals surface area contributed by atoms with E-state index in [1.54, 1.807) is 24.3 Å². The normalized spacial score (nSPS) is 10.3. The highest BCUT2D eigenvalue weighted by molar-refractivity contribution is 5.76. The Hall–Kier alpha value is -2.24. The van der Waals surface area contributed by atoms with Crippen LogP contribution in [0.15, 0.2) is 30.9 Å². The summed E-state index contributed by atoms with van der Waals surface area (Å²) >= 11 is 0. The Kier molecular flexibility index (Phi) is 4.01. The molecule has 0 aliphatic rings. The van der Waals surface area contributed by atoms with Gasteiger partial charge in [-0.3, -0.25) is 14.9 Å². The van der Waals surface area contributed by atoms with Gasteiger partial charge in [-0.1, -0.05) is 0 Å². The van der Waals surface area contributed by atoms with Crippen molar-refractivity contribution in [1.29, 1.82) is 0 Å². The van der Waals surface area contributed by atoms with Gasteiger partial charge in [0.05, 0.1) is 6.54 Å². The second-order valence-electron chi connectivity index (χ2n) is 4.04. The molecule has 0 aromatic carbocycles. The lowest BCUT2D eigenvalue weighted by Gasteiger charge is -2.15. The van der Waals surface area contributed by atoms with Crippen molar-refractivity contribution >= 4 is 5.91 Å². The van der Waals surface area contributed by atoms with Gasteiger partial charge in [-0.25, -0.2) is 4.98 Å². The number of aromatic amines is 1. The zero-order valence-corrected chi connectivity index (χ0v) is 10.2. The third-order valence-electron chi connectivity index (χ3n) is 2.65. The predicted molar refractivity (Wildman–Crippen MR) is 65.4 cm³/mol. The number of H-pyrrole nitrogens is 1. The van der Waals surface area contributed by atoms with Crippen molar-refractivity contribution < 1.29 is 4.79 Å². The van der Waals surface area contributed by atoms with Crippen LogP contribution < -0.4 is 0 Å². The summed E-state index contributed by atoms with van der Waals surface area (Å²) in [5.74, 6) is 0.776. The molecule has 0 spiro atoms. The van der Waals surface area contributed by atoms with E-state index < -0.39 is 0 Å². The van der Waals surface area contributed by atoms with Crippen LogP contribution in [-0.2, 0) is 17.8 Å². The van der Waals surface area contributed by atoms with Crippen LogP contribution in [0.2, 0.25) is 0 Å². The molecule has 94 valence electrons. The first-order valence-electron chi connectivity index (χ1n) is 5.73. The van der Waals surface area contributed by atoms with E-state index in [1.165, 1.54) is 6.33 Å². The molecule has 0 atom stereocenters. The van der Waals surface area contributed by atoms with E-state index in [0.29, 0.717) is 18.8 Å². The number of rotatable bonds is 5. The number of hydrogen-bond donors (Lipinski definition) is 1. The third-order valence-corrected chi connectivity index (χ3v) is 2.65. The maximum Gasteiger partial charge on any atom is 0.223 e. The molecule has 2 rings (SSSR count). The van der Waals surface area contributed by atoms with E-state index in [2.05, 4.69) is 20.2 Å². The number of aryl methyl sites for hydroxylation is 1. The molecule has 1 N–H and O–H groups in total. The van der Waals surface area contributed by atoms with Crippen LogP contribution in [0.25, 0.3) is 0 Å². The van der Waals surface area contributed by atoms with Crippen LogP contribution in [0.4, 0.5) is 0 Å². The molecule has 6 heteroatoms. The van der Waals surface area contributed by atoms with Crippen LogP contribution in [0, 0.1) is 0 Å². The zero-order valence-electron chi connectivity index (χ0n) is 10.2. The molecule has 2 aromatic rings. The average Bonchev–Trinajstić information content (AvgIpc) is 2.90. The van der Waals surface area contributed by atoms with Gasteiger partial charge in [-0.15, -0.1) is 0 Å². The smallest absolute Gasteiger partial charge is 0.223 e. The van der Waals surface area contributed by atoms with Gasteiger partial charge in [0.25, 0.3) is 0 Å². The molecule has 0 fully saturated rings. The highest BCUT2D eigenvalue weighted by atomic mass is 16.2. The Balaban J connectivity index is 1.81. The number of pyridine rings is 1. The molecule has 0 bridgehead atoms. The first-order chi connectivity index (χ1) is 8.75. The van der Waals surface area contributed by atoms with Crippen molar-refractivity contribution in [2.24, 2.45) is 0 Å². The van der Waals surface area contributed by atoms with Gasteiger partial charge in [0.15, 0.2) is 0 Å². The molecule has 6 nitrogen and oxygen atoms in total. The quantitative estimate of drug-likeness (QED) is 0.845. The van der Waals surface area contributed by atoms with Crippen molar-refractivity contribution in [3.05, 3.63) is 42.2 Å². The molecule has 0 aliphatic heterocycles. The first-order valence-corrected chi connectivity index (χ1v) is 5.73. The molecule has 1 amide bonds. The lowest BCUT2D eigenvalue weighted by molar-refractivity contribution is -0.130. The standard InChI is InChI=1S/C12H15N5O/c1-17(8-11-14-9-15-16-11)12(18)3-2-10-4-6-13-7-5-10/h4-7,9H,2-3,8H2,1H3,(H,14,15,16). The van der Waals surface area contributed by atoms with Crippen LogP contribution in [-0.4, -0.2) is 38.0 Å². The summed E-state index contributed by atoms with van der Waals surface area (Å²) in [7, 11) is 1.76. The number of carbonyl (C=O) groups is 1. The van der Waals surface area contributed by atoms with E-state index in [0.717, 1.165) is 12.0 Å². The summed E-state index contributed by atoms with van der Waals surface area (Å²) in [6, 6.07) is 3.84. The lowest BCUT2D eigenvalue weighted by atomic mass is 10.1. The number of carbonyl (C=O) groups excluding carboxylic acids is 1. The summed E-state index contributed by atoms with van der Waals surface area (Å²) in [5, 5.41) is 6.48. The summed E-state index contributed by atoms with van der Waals surface area (Å²) in [6.07, 6.45) is 6.11. The summed E-state index contributed by atoms with van der Waals surface area (Å²) in [6.45, 7) is 0.454. The van der Waals surface area contributed by atoms with E-state index in [-0.39, 0.29) is 5.91 Å². The third kappa shape index (κ3) is 3.38. The molecule has 2 aromatic heterocycles. The van der Waals surface area contributed by atoms with Gasteiger partial charge in [0.1, 0.15) is 12.2 Å². The first kappa shape index (κ1) is 12.2. The SMILES string of the molecule is CN(Cc1ncn[nH]1)C(=O)CCc1ccncc1. The minimum Gasteiger partial charge on any atom is -0.338 e. The molecule has 2 heterocycles. The topological polar surface area (TPSA) is 74.8 Å². The Bertz CT molecular complexity index is 482. The molecule has 18 heavy (non-hydrogen) atoms. The lowest BCUT2D eigenvalue weighted by Crippen LogP contribution is -2.26. The van der Waals surface area contributed by atoms with Crippen LogP contribution in [0.1, 0.15) is 17.8 Å². The second kappa shape index (κ2) is 5.90. The Morgan fingerprint density at radius 3 is 2.83 bits per heavy atom. The number of aromatic nitrogens is 4. The van der Waals surface area contributed by atoms with E-state index in [9.17, 15) is 4.79 Å². The molecule has 0 saturated heterocycles. The van der Waals surface area contributed by atoms with E-state index in [4.69, 9.17) is 0 Å². The van der Waals surface area contributed by atoms with Crippen molar-refractivity contribution in [1.82, 2.24) is 25.1 Å². The number of nitrogens with one attached hydrogen (secondary N) is 1. The van der Waals surface area contributed by atoms with Crippen molar-refractivity contribution in [2.75, 3.05) is 7.05 Å². The maximum absolute atomic E-state index is 11.9. The Morgan fingerprint density at radius 2 is 2.17 bits per heavy atom. The number of hydrogen-bond acceptors (Lipinski definition) is 4. The fraction of sp³-hybridized carbons (Fsp3) is 0.333.